The maximum atomic E-state index is 6.12. The molecule has 0 amide bonds. The van der Waals surface area contributed by atoms with E-state index in [1.165, 1.54) is 16.4 Å². The van der Waals surface area contributed by atoms with Gasteiger partial charge in [0.15, 0.2) is 5.82 Å². The molecular formula is C15H12BrClN4S. The first-order chi connectivity index (χ1) is 10.6. The lowest BCUT2D eigenvalue weighted by molar-refractivity contribution is 0.849. The number of hydrogen-bond acceptors (Lipinski definition) is 4. The van der Waals surface area contributed by atoms with Crippen LogP contribution >= 0.6 is 39.3 Å². The lowest BCUT2D eigenvalue weighted by atomic mass is 10.2. The Balaban J connectivity index is 1.81. The number of nitrogens with zero attached hydrogens (tertiary/aromatic N) is 3. The van der Waals surface area contributed by atoms with Gasteiger partial charge in [-0.3, -0.25) is 0 Å². The zero-order valence-electron chi connectivity index (χ0n) is 11.4. The monoisotopic (exact) mass is 394 g/mol. The molecule has 1 aromatic heterocycles. The fraction of sp³-hybridized carbons (Fsp3) is 0.0667. The van der Waals surface area contributed by atoms with Gasteiger partial charge in [-0.2, -0.15) is 0 Å². The van der Waals surface area contributed by atoms with Crippen molar-refractivity contribution in [3.8, 4) is 11.4 Å². The summed E-state index contributed by atoms with van der Waals surface area (Å²) in [7, 11) is 0. The molecule has 0 aliphatic carbocycles. The van der Waals surface area contributed by atoms with Crippen molar-refractivity contribution in [2.45, 2.75) is 10.9 Å². The van der Waals surface area contributed by atoms with Crippen LogP contribution in [0.15, 0.2) is 58.2 Å². The first-order valence-corrected chi connectivity index (χ1v) is 8.63. The molecule has 0 saturated heterocycles. The summed E-state index contributed by atoms with van der Waals surface area (Å²) >= 11 is 11.0. The van der Waals surface area contributed by atoms with Crippen molar-refractivity contribution in [3.05, 3.63) is 63.6 Å². The van der Waals surface area contributed by atoms with Crippen molar-refractivity contribution in [3.63, 3.8) is 0 Å². The smallest absolute Gasteiger partial charge is 0.210 e. The van der Waals surface area contributed by atoms with Gasteiger partial charge in [0.1, 0.15) is 0 Å². The zero-order chi connectivity index (χ0) is 15.5. The summed E-state index contributed by atoms with van der Waals surface area (Å²) in [6.45, 7) is 0. The molecule has 0 unspecified atom stereocenters. The minimum Gasteiger partial charge on any atom is -0.335 e. The summed E-state index contributed by atoms with van der Waals surface area (Å²) in [6.07, 6.45) is 0. The lowest BCUT2D eigenvalue weighted by Gasteiger charge is -2.05. The minimum atomic E-state index is 0.626. The number of nitrogens with two attached hydrogens (primary N) is 1. The summed E-state index contributed by atoms with van der Waals surface area (Å²) in [6, 6.07) is 15.5. The van der Waals surface area contributed by atoms with E-state index in [1.54, 1.807) is 0 Å². The Hall–Kier alpha value is -1.50. The Kier molecular flexibility index (Phi) is 4.71. The van der Waals surface area contributed by atoms with Crippen LogP contribution < -0.4 is 5.84 Å². The van der Waals surface area contributed by atoms with Gasteiger partial charge < -0.3 is 5.84 Å². The first-order valence-electron chi connectivity index (χ1n) is 6.48. The Labute approximate surface area is 145 Å². The number of halogens is 2. The molecule has 2 aromatic carbocycles. The van der Waals surface area contributed by atoms with Gasteiger partial charge in [-0.05, 0) is 29.8 Å². The molecule has 1 heterocycles. The molecule has 4 nitrogen and oxygen atoms in total. The fourth-order valence-electron chi connectivity index (χ4n) is 1.98. The van der Waals surface area contributed by atoms with Gasteiger partial charge >= 0.3 is 0 Å². The topological polar surface area (TPSA) is 56.7 Å². The molecule has 0 aliphatic heterocycles. The van der Waals surface area contributed by atoms with E-state index in [0.717, 1.165) is 26.4 Å². The third-order valence-electron chi connectivity index (χ3n) is 3.04. The van der Waals surface area contributed by atoms with Crippen LogP contribution in [0.1, 0.15) is 5.56 Å². The number of nitrogen functional groups attached to an aromatic ring is 1. The molecule has 3 rings (SSSR count). The molecule has 22 heavy (non-hydrogen) atoms. The van der Waals surface area contributed by atoms with E-state index in [0.29, 0.717) is 11.0 Å². The zero-order valence-corrected chi connectivity index (χ0v) is 14.6. The molecule has 0 saturated carbocycles. The predicted molar refractivity (Wildman–Crippen MR) is 94.3 cm³/mol. The van der Waals surface area contributed by atoms with Crippen molar-refractivity contribution in [1.29, 1.82) is 0 Å². The molecular weight excluding hydrogens is 384 g/mol. The Morgan fingerprint density at radius 1 is 1.14 bits per heavy atom. The highest BCUT2D eigenvalue weighted by Gasteiger charge is 2.14. The SMILES string of the molecule is Nn1c(SCc2cccc(Cl)c2)nnc1-c1ccccc1Br. The number of aromatic nitrogens is 3. The fourth-order valence-corrected chi connectivity index (χ4v) is 3.45. The van der Waals surface area contributed by atoms with Gasteiger partial charge in [0.2, 0.25) is 5.16 Å². The highest BCUT2D eigenvalue weighted by Crippen LogP contribution is 2.29. The summed E-state index contributed by atoms with van der Waals surface area (Å²) in [5.41, 5.74) is 2.02. The Morgan fingerprint density at radius 3 is 2.73 bits per heavy atom. The highest BCUT2D eigenvalue weighted by atomic mass is 79.9. The molecule has 0 radical (unpaired) electrons. The molecule has 2 N–H and O–H groups in total. The Morgan fingerprint density at radius 2 is 1.95 bits per heavy atom. The van der Waals surface area contributed by atoms with Crippen molar-refractivity contribution in [2.75, 3.05) is 5.84 Å². The summed E-state index contributed by atoms with van der Waals surface area (Å²) in [5.74, 6) is 7.48. The second-order valence-electron chi connectivity index (χ2n) is 4.57. The first kappa shape index (κ1) is 15.4. The number of benzene rings is 2. The molecule has 112 valence electrons. The van der Waals surface area contributed by atoms with Gasteiger partial charge in [0.05, 0.1) is 0 Å². The highest BCUT2D eigenvalue weighted by molar-refractivity contribution is 9.10. The molecule has 0 fully saturated rings. The third kappa shape index (κ3) is 3.29. The average molecular weight is 396 g/mol. The van der Waals surface area contributed by atoms with Gasteiger partial charge in [-0.15, -0.1) is 10.2 Å². The van der Waals surface area contributed by atoms with Crippen LogP contribution in [-0.2, 0) is 5.75 Å². The van der Waals surface area contributed by atoms with E-state index < -0.39 is 0 Å². The molecule has 0 spiro atoms. The number of thioether (sulfide) groups is 1. The van der Waals surface area contributed by atoms with Crippen molar-refractivity contribution >= 4 is 39.3 Å². The lowest BCUT2D eigenvalue weighted by Crippen LogP contribution is -2.11. The molecule has 7 heteroatoms. The van der Waals surface area contributed by atoms with E-state index in [-0.39, 0.29) is 0 Å². The van der Waals surface area contributed by atoms with Crippen LogP contribution in [0, 0.1) is 0 Å². The van der Waals surface area contributed by atoms with E-state index >= 15 is 0 Å². The van der Waals surface area contributed by atoms with Crippen molar-refractivity contribution in [2.24, 2.45) is 0 Å². The average Bonchev–Trinajstić information content (AvgIpc) is 2.87. The molecule has 0 bridgehead atoms. The third-order valence-corrected chi connectivity index (χ3v) is 4.98. The number of rotatable bonds is 4. The van der Waals surface area contributed by atoms with Crippen LogP contribution in [0.5, 0.6) is 0 Å². The van der Waals surface area contributed by atoms with Crippen molar-refractivity contribution in [1.82, 2.24) is 14.9 Å². The van der Waals surface area contributed by atoms with Crippen LogP contribution in [0.2, 0.25) is 5.02 Å². The van der Waals surface area contributed by atoms with Crippen LogP contribution in [-0.4, -0.2) is 14.9 Å². The van der Waals surface area contributed by atoms with Crippen LogP contribution in [0.4, 0.5) is 0 Å². The van der Waals surface area contributed by atoms with Gasteiger partial charge in [-0.1, -0.05) is 63.6 Å². The maximum absolute atomic E-state index is 6.12. The molecule has 3 aromatic rings. The summed E-state index contributed by atoms with van der Waals surface area (Å²) < 4.78 is 2.44. The Bertz CT molecular complexity index is 806. The van der Waals surface area contributed by atoms with E-state index in [9.17, 15) is 0 Å². The van der Waals surface area contributed by atoms with E-state index in [1.807, 2.05) is 48.5 Å². The predicted octanol–water partition coefficient (Wildman–Crippen LogP) is 4.37. The maximum Gasteiger partial charge on any atom is 0.210 e. The standard InChI is InChI=1S/C15H12BrClN4S/c16-13-7-2-1-6-12(13)14-19-20-15(21(14)18)22-9-10-4-3-5-11(17)8-10/h1-8H,9,18H2. The van der Waals surface area contributed by atoms with Gasteiger partial charge in [0.25, 0.3) is 0 Å². The van der Waals surface area contributed by atoms with Gasteiger partial charge in [-0.25, -0.2) is 4.68 Å². The molecule has 0 atom stereocenters. The quantitative estimate of drug-likeness (QED) is 0.526. The van der Waals surface area contributed by atoms with E-state index in [2.05, 4.69) is 26.1 Å². The van der Waals surface area contributed by atoms with E-state index in [4.69, 9.17) is 17.4 Å². The normalized spacial score (nSPS) is 10.8. The molecule has 0 aliphatic rings. The number of hydrogen-bond donors (Lipinski definition) is 1. The second kappa shape index (κ2) is 6.73. The van der Waals surface area contributed by atoms with Crippen LogP contribution in [0.3, 0.4) is 0 Å². The van der Waals surface area contributed by atoms with Crippen LogP contribution in [0.25, 0.3) is 11.4 Å². The second-order valence-corrected chi connectivity index (χ2v) is 6.81. The summed E-state index contributed by atoms with van der Waals surface area (Å²) in [4.78, 5) is 0. The van der Waals surface area contributed by atoms with Crippen molar-refractivity contribution < 1.29 is 0 Å². The largest absolute Gasteiger partial charge is 0.335 e. The van der Waals surface area contributed by atoms with Gasteiger partial charge in [0, 0.05) is 20.8 Å². The summed E-state index contributed by atoms with van der Waals surface area (Å²) in [5, 5.41) is 9.74. The minimum absolute atomic E-state index is 0.626.